The quantitative estimate of drug-likeness (QED) is 0.272. The zero-order valence-corrected chi connectivity index (χ0v) is 13.4. The van der Waals surface area contributed by atoms with Crippen LogP contribution in [0.15, 0.2) is 0 Å². The van der Waals surface area contributed by atoms with E-state index in [0.717, 1.165) is 26.2 Å². The number of ether oxygens (including phenoxy) is 4. The highest BCUT2D eigenvalue weighted by Crippen LogP contribution is 1.89. The van der Waals surface area contributed by atoms with Crippen molar-refractivity contribution in [3.05, 3.63) is 0 Å². The van der Waals surface area contributed by atoms with Crippen LogP contribution >= 0.6 is 0 Å². The molecular formula is C24H72N2O4. The first-order valence-electron chi connectivity index (χ1n) is 7.33. The molecule has 0 saturated heterocycles. The average Bonchev–Trinajstić information content (AvgIpc) is 2.43. The van der Waals surface area contributed by atoms with Crippen molar-refractivity contribution in [2.24, 2.45) is 0 Å². The Morgan fingerprint density at radius 3 is 1.00 bits per heavy atom. The molecule has 6 nitrogen and oxygen atoms in total. The molecule has 2 atom stereocenters. The van der Waals surface area contributed by atoms with Crippen LogP contribution < -0.4 is 10.6 Å². The van der Waals surface area contributed by atoms with Crippen LogP contribution in [-0.2, 0) is 18.9 Å². The van der Waals surface area contributed by atoms with Gasteiger partial charge in [-0.1, -0.05) is 74.3 Å². The van der Waals surface area contributed by atoms with Crippen LogP contribution in [0.3, 0.4) is 0 Å². The summed E-state index contributed by atoms with van der Waals surface area (Å²) in [7, 11) is 3.36. The van der Waals surface area contributed by atoms with Gasteiger partial charge in [-0.2, -0.15) is 0 Å². The maximum Gasteiger partial charge on any atom is 0.0704 e. The molecule has 0 bridgehead atoms. The van der Waals surface area contributed by atoms with Crippen molar-refractivity contribution >= 4 is 0 Å². The molecule has 0 heterocycles. The number of rotatable bonds is 15. The first-order valence-corrected chi connectivity index (χ1v) is 7.33. The van der Waals surface area contributed by atoms with Gasteiger partial charge in [-0.25, -0.2) is 0 Å². The Morgan fingerprint density at radius 2 is 0.767 bits per heavy atom. The van der Waals surface area contributed by atoms with Crippen molar-refractivity contribution in [3.63, 3.8) is 0 Å². The van der Waals surface area contributed by atoms with Gasteiger partial charge in [0.05, 0.1) is 38.6 Å². The first kappa shape index (κ1) is 69.9. The Kier molecular flexibility index (Phi) is 132. The van der Waals surface area contributed by atoms with Gasteiger partial charge >= 0.3 is 0 Å². The summed E-state index contributed by atoms with van der Waals surface area (Å²) >= 11 is 0. The molecule has 202 valence electrons. The summed E-state index contributed by atoms with van der Waals surface area (Å²) in [4.78, 5) is 0. The fourth-order valence-corrected chi connectivity index (χ4v) is 1.57. The zero-order valence-electron chi connectivity index (χ0n) is 13.4. The molecular weight excluding hydrogens is 380 g/mol. The monoisotopic (exact) mass is 453 g/mol. The van der Waals surface area contributed by atoms with Gasteiger partial charge in [-0.15, -0.1) is 0 Å². The van der Waals surface area contributed by atoms with E-state index in [0.29, 0.717) is 26.4 Å². The highest BCUT2D eigenvalue weighted by molar-refractivity contribution is 4.60. The van der Waals surface area contributed by atoms with E-state index in [1.807, 2.05) is 0 Å². The molecule has 2 N–H and O–H groups in total. The minimum Gasteiger partial charge on any atom is -0.382 e. The van der Waals surface area contributed by atoms with Crippen LogP contribution in [0.4, 0.5) is 0 Å². The third kappa shape index (κ3) is 56.5. The molecule has 0 aliphatic rings. The van der Waals surface area contributed by atoms with Crippen LogP contribution in [0.25, 0.3) is 0 Å². The minimum atomic E-state index is 0. The molecule has 30 heavy (non-hydrogen) atoms. The van der Waals surface area contributed by atoms with E-state index in [9.17, 15) is 0 Å². The lowest BCUT2D eigenvalue weighted by Crippen LogP contribution is -2.36. The van der Waals surface area contributed by atoms with E-state index in [4.69, 9.17) is 18.9 Å². The lowest BCUT2D eigenvalue weighted by atomic mass is 10.4. The second-order valence-electron chi connectivity index (χ2n) is 4.76. The summed E-state index contributed by atoms with van der Waals surface area (Å²) in [5, 5.41) is 6.70. The molecule has 6 heteroatoms. The largest absolute Gasteiger partial charge is 0.382 e. The molecule has 0 spiro atoms. The molecule has 0 amide bonds. The van der Waals surface area contributed by atoms with Crippen LogP contribution in [-0.4, -0.2) is 79.0 Å². The van der Waals surface area contributed by atoms with Crippen molar-refractivity contribution in [2.45, 2.75) is 100 Å². The molecule has 0 aliphatic carbocycles. The number of hydrogen-bond donors (Lipinski definition) is 2. The third-order valence-electron chi connectivity index (χ3n) is 2.72. The van der Waals surface area contributed by atoms with E-state index >= 15 is 0 Å². The Labute approximate surface area is 197 Å². The molecule has 0 rings (SSSR count). The normalized spacial score (nSPS) is 9.60. The van der Waals surface area contributed by atoms with Crippen LogP contribution in [0.1, 0.15) is 88.1 Å². The topological polar surface area (TPSA) is 61.0 Å². The molecule has 0 saturated carbocycles. The second kappa shape index (κ2) is 56.8. The average molecular weight is 453 g/mol. The Balaban J connectivity index is -0.0000000401. The van der Waals surface area contributed by atoms with E-state index < -0.39 is 0 Å². The van der Waals surface area contributed by atoms with Crippen molar-refractivity contribution in [2.75, 3.05) is 66.8 Å². The summed E-state index contributed by atoms with van der Waals surface area (Å²) in [5.41, 5.74) is 0. The van der Waals surface area contributed by atoms with Crippen molar-refractivity contribution in [1.82, 2.24) is 10.6 Å². The van der Waals surface area contributed by atoms with Gasteiger partial charge in [0.15, 0.2) is 0 Å². The summed E-state index contributed by atoms with van der Waals surface area (Å²) in [5.74, 6) is 0. The molecule has 0 radical (unpaired) electrons. The summed E-state index contributed by atoms with van der Waals surface area (Å²) in [6.45, 7) is 10.2. The van der Waals surface area contributed by atoms with Crippen molar-refractivity contribution < 1.29 is 18.9 Å². The summed E-state index contributed by atoms with van der Waals surface area (Å²) in [6.07, 6.45) is 0.419. The van der Waals surface area contributed by atoms with E-state index in [-0.39, 0.29) is 86.5 Å². The Hall–Kier alpha value is -0.240. The van der Waals surface area contributed by atoms with Crippen molar-refractivity contribution in [3.8, 4) is 0 Å². The molecule has 0 fully saturated rings. The molecule has 0 aromatic carbocycles. The fourth-order valence-electron chi connectivity index (χ4n) is 1.57. The lowest BCUT2D eigenvalue weighted by molar-refractivity contribution is 0.0253. The molecule has 0 aromatic rings. The van der Waals surface area contributed by atoms with Crippen LogP contribution in [0.2, 0.25) is 0 Å². The molecule has 2 unspecified atom stereocenters. The number of methoxy groups -OCH3 is 2. The smallest absolute Gasteiger partial charge is 0.0704 e. The molecule has 0 aromatic heterocycles. The Bertz CT molecular complexity index is 180. The van der Waals surface area contributed by atoms with Gasteiger partial charge < -0.3 is 29.6 Å². The van der Waals surface area contributed by atoms with E-state index in [1.165, 1.54) is 0 Å². The zero-order chi connectivity index (χ0) is 15.1. The standard InChI is InChI=1S/C14H32N2O4.10CH4/c1-13(19-9-7-17-3)11-15-5-6-16-12-14(2)20-10-8-18-4;;;;;;;;;;/h13-16H,5-12H2,1-4H3;10*1H4. The van der Waals surface area contributed by atoms with Gasteiger partial charge in [0, 0.05) is 40.4 Å². The highest BCUT2D eigenvalue weighted by Gasteiger charge is 2.02. The first-order chi connectivity index (χ1) is 9.70. The summed E-state index contributed by atoms with van der Waals surface area (Å²) < 4.78 is 20.9. The van der Waals surface area contributed by atoms with Gasteiger partial charge in [0.25, 0.3) is 0 Å². The predicted octanol–water partition coefficient (Wildman–Crippen LogP) is 6.63. The van der Waals surface area contributed by atoms with Crippen LogP contribution in [0.5, 0.6) is 0 Å². The van der Waals surface area contributed by atoms with Crippen LogP contribution in [0, 0.1) is 0 Å². The third-order valence-corrected chi connectivity index (χ3v) is 2.72. The van der Waals surface area contributed by atoms with Gasteiger partial charge in [-0.3, -0.25) is 0 Å². The second-order valence-corrected chi connectivity index (χ2v) is 4.76. The Morgan fingerprint density at radius 1 is 0.500 bits per heavy atom. The number of nitrogens with one attached hydrogen (secondary N) is 2. The van der Waals surface area contributed by atoms with Gasteiger partial charge in [0.1, 0.15) is 0 Å². The lowest BCUT2D eigenvalue weighted by Gasteiger charge is -2.15. The summed E-state index contributed by atoms with van der Waals surface area (Å²) in [6, 6.07) is 0. The van der Waals surface area contributed by atoms with E-state index in [1.54, 1.807) is 14.2 Å². The van der Waals surface area contributed by atoms with Crippen molar-refractivity contribution in [1.29, 1.82) is 0 Å². The molecule has 0 aliphatic heterocycles. The SMILES string of the molecule is C.C.C.C.C.C.C.C.C.C.COCCOC(C)CNCCNCC(C)OCCOC. The number of hydrogen-bond acceptors (Lipinski definition) is 6. The maximum atomic E-state index is 5.54. The highest BCUT2D eigenvalue weighted by atomic mass is 16.5. The maximum absolute atomic E-state index is 5.54. The van der Waals surface area contributed by atoms with Gasteiger partial charge in [-0.05, 0) is 13.8 Å². The minimum absolute atomic E-state index is 0. The van der Waals surface area contributed by atoms with E-state index in [2.05, 4.69) is 24.5 Å². The fraction of sp³-hybridized carbons (Fsp3) is 1.00. The van der Waals surface area contributed by atoms with Gasteiger partial charge in [0.2, 0.25) is 0 Å². The predicted molar refractivity (Wildman–Crippen MR) is 148 cm³/mol.